The maximum atomic E-state index is 13.6. The van der Waals surface area contributed by atoms with E-state index in [1.165, 1.54) is 0 Å². The first kappa shape index (κ1) is 26.0. The van der Waals surface area contributed by atoms with E-state index in [2.05, 4.69) is 13.8 Å². The normalized spacial score (nSPS) is 24.4. The average molecular weight is 508 g/mol. The first-order valence-electron chi connectivity index (χ1n) is 12.4. The number of hydrogen-bond acceptors (Lipinski definition) is 5. The molecular formula is C26H38ClN3O5. The number of benzene rings is 1. The minimum absolute atomic E-state index is 0.0185. The molecule has 2 atom stereocenters. The van der Waals surface area contributed by atoms with E-state index in [9.17, 15) is 9.59 Å². The van der Waals surface area contributed by atoms with E-state index in [1.54, 1.807) is 12.0 Å². The highest BCUT2D eigenvalue weighted by Crippen LogP contribution is 2.37. The number of urea groups is 1. The van der Waals surface area contributed by atoms with E-state index in [1.807, 2.05) is 42.7 Å². The second-order valence-electron chi connectivity index (χ2n) is 11.3. The zero-order valence-corrected chi connectivity index (χ0v) is 22.5. The van der Waals surface area contributed by atoms with Crippen LogP contribution in [0.15, 0.2) is 12.1 Å². The Morgan fingerprint density at radius 1 is 1.20 bits per heavy atom. The summed E-state index contributed by atoms with van der Waals surface area (Å²) >= 11 is 6.53. The second-order valence-corrected chi connectivity index (χ2v) is 11.8. The van der Waals surface area contributed by atoms with Crippen LogP contribution < -0.4 is 0 Å². The minimum atomic E-state index is -0.598. The molecule has 9 heteroatoms. The number of methoxy groups -OCH3 is 1. The number of nitrogens with zero attached hydrogens (tertiary/aromatic N) is 3. The predicted molar refractivity (Wildman–Crippen MR) is 134 cm³/mol. The summed E-state index contributed by atoms with van der Waals surface area (Å²) in [5.41, 5.74) is 2.21. The lowest BCUT2D eigenvalue weighted by molar-refractivity contribution is -0.0334. The lowest BCUT2D eigenvalue weighted by Crippen LogP contribution is -2.51. The number of halogens is 1. The summed E-state index contributed by atoms with van der Waals surface area (Å²) in [4.78, 5) is 32.3. The Morgan fingerprint density at radius 3 is 2.60 bits per heavy atom. The highest BCUT2D eigenvalue weighted by atomic mass is 35.5. The first-order valence-corrected chi connectivity index (χ1v) is 12.8. The maximum absolute atomic E-state index is 13.6. The van der Waals surface area contributed by atoms with Gasteiger partial charge in [0.25, 0.3) is 0 Å². The standard InChI is InChI=1S/C26H38ClN3O5/c1-25(2,3)35-24(32)29-9-10-34-16-22(29)20-12-18(27)11-17-7-8-28(15-21(17)20)23(31)30-14-19(33-6)13-26(30,4)5/h11-12,19,22H,7-10,13-16H2,1-6H3/t19?,22-/m0/s1. The fourth-order valence-corrected chi connectivity index (χ4v) is 5.62. The van der Waals surface area contributed by atoms with Crippen molar-refractivity contribution < 1.29 is 23.8 Å². The highest BCUT2D eigenvalue weighted by molar-refractivity contribution is 6.30. The smallest absolute Gasteiger partial charge is 0.410 e. The van der Waals surface area contributed by atoms with Gasteiger partial charge in [-0.15, -0.1) is 0 Å². The molecule has 1 unspecified atom stereocenters. The van der Waals surface area contributed by atoms with Crippen molar-refractivity contribution in [3.63, 3.8) is 0 Å². The number of rotatable bonds is 2. The third kappa shape index (κ3) is 5.54. The van der Waals surface area contributed by atoms with Crippen LogP contribution in [-0.2, 0) is 27.2 Å². The fourth-order valence-electron chi connectivity index (χ4n) is 5.37. The number of ether oxygens (including phenoxy) is 3. The number of fused-ring (bicyclic) bond motifs is 1. The van der Waals surface area contributed by atoms with E-state index in [0.29, 0.717) is 50.8 Å². The van der Waals surface area contributed by atoms with Crippen molar-refractivity contribution in [2.75, 3.05) is 40.0 Å². The third-order valence-corrected chi connectivity index (χ3v) is 7.35. The molecule has 1 aromatic carbocycles. The van der Waals surface area contributed by atoms with Crippen molar-refractivity contribution >= 4 is 23.7 Å². The fraction of sp³-hybridized carbons (Fsp3) is 0.692. The topological polar surface area (TPSA) is 71.6 Å². The van der Waals surface area contributed by atoms with Crippen LogP contribution >= 0.6 is 11.6 Å². The van der Waals surface area contributed by atoms with E-state index in [0.717, 1.165) is 23.1 Å². The molecule has 3 heterocycles. The molecule has 0 N–H and O–H groups in total. The molecule has 0 aromatic heterocycles. The lowest BCUT2D eigenvalue weighted by Gasteiger charge is -2.41. The number of hydrogen-bond donors (Lipinski definition) is 0. The molecule has 0 spiro atoms. The van der Waals surface area contributed by atoms with E-state index in [-0.39, 0.29) is 29.8 Å². The Kier molecular flexibility index (Phi) is 7.28. The molecule has 8 nitrogen and oxygen atoms in total. The van der Waals surface area contributed by atoms with Gasteiger partial charge in [-0.1, -0.05) is 11.6 Å². The van der Waals surface area contributed by atoms with Gasteiger partial charge in [-0.3, -0.25) is 4.90 Å². The van der Waals surface area contributed by atoms with Crippen molar-refractivity contribution in [2.45, 2.75) is 77.3 Å². The Bertz CT molecular complexity index is 976. The molecule has 3 aliphatic rings. The van der Waals surface area contributed by atoms with Crippen LogP contribution in [0.3, 0.4) is 0 Å². The largest absolute Gasteiger partial charge is 0.444 e. The highest BCUT2D eigenvalue weighted by Gasteiger charge is 2.44. The molecule has 35 heavy (non-hydrogen) atoms. The molecule has 194 valence electrons. The number of likely N-dealkylation sites (tertiary alicyclic amines) is 1. The van der Waals surface area contributed by atoms with E-state index in [4.69, 9.17) is 25.8 Å². The zero-order valence-electron chi connectivity index (χ0n) is 21.7. The number of carbonyl (C=O) groups excluding carboxylic acids is 2. The summed E-state index contributed by atoms with van der Waals surface area (Å²) in [6.45, 7) is 12.7. The van der Waals surface area contributed by atoms with Crippen molar-refractivity contribution in [1.29, 1.82) is 0 Å². The van der Waals surface area contributed by atoms with Crippen LogP contribution in [0.5, 0.6) is 0 Å². The van der Waals surface area contributed by atoms with Gasteiger partial charge in [0.1, 0.15) is 5.60 Å². The minimum Gasteiger partial charge on any atom is -0.444 e. The molecule has 4 rings (SSSR count). The Hall–Kier alpha value is -2.03. The molecule has 2 saturated heterocycles. The SMILES string of the molecule is COC1CN(C(=O)N2CCc3cc(Cl)cc([C@@H]4COCCN4C(=O)OC(C)(C)C)c3C2)C(C)(C)C1. The molecule has 3 aliphatic heterocycles. The average Bonchev–Trinajstić information content (AvgIpc) is 3.11. The summed E-state index contributed by atoms with van der Waals surface area (Å²) in [5.74, 6) is 0. The van der Waals surface area contributed by atoms with Crippen molar-refractivity contribution in [1.82, 2.24) is 14.7 Å². The summed E-state index contributed by atoms with van der Waals surface area (Å²) in [6, 6.07) is 3.57. The Labute approximate surface area is 213 Å². The quantitative estimate of drug-likeness (QED) is 0.584. The van der Waals surface area contributed by atoms with E-state index >= 15 is 0 Å². The van der Waals surface area contributed by atoms with Gasteiger partial charge in [-0.2, -0.15) is 0 Å². The van der Waals surface area contributed by atoms with Crippen LogP contribution in [0, 0.1) is 0 Å². The van der Waals surface area contributed by atoms with Crippen molar-refractivity contribution in [3.8, 4) is 0 Å². The van der Waals surface area contributed by atoms with Crippen LogP contribution in [-0.4, -0.2) is 84.0 Å². The van der Waals surface area contributed by atoms with Crippen molar-refractivity contribution in [2.24, 2.45) is 0 Å². The summed E-state index contributed by atoms with van der Waals surface area (Å²) in [7, 11) is 1.70. The second kappa shape index (κ2) is 9.79. The van der Waals surface area contributed by atoms with Crippen LogP contribution in [0.2, 0.25) is 5.02 Å². The number of carbonyl (C=O) groups is 2. The van der Waals surface area contributed by atoms with Crippen LogP contribution in [0.4, 0.5) is 9.59 Å². The van der Waals surface area contributed by atoms with Gasteiger partial charge in [0.05, 0.1) is 25.4 Å². The van der Waals surface area contributed by atoms with Crippen LogP contribution in [0.25, 0.3) is 0 Å². The molecule has 0 aliphatic carbocycles. The van der Waals surface area contributed by atoms with Gasteiger partial charge in [-0.25, -0.2) is 9.59 Å². The summed E-state index contributed by atoms with van der Waals surface area (Å²) in [6.07, 6.45) is 1.19. The molecule has 0 saturated carbocycles. The molecule has 0 bridgehead atoms. The number of morpholine rings is 1. The van der Waals surface area contributed by atoms with Gasteiger partial charge in [0.2, 0.25) is 0 Å². The molecule has 2 fully saturated rings. The monoisotopic (exact) mass is 507 g/mol. The predicted octanol–water partition coefficient (Wildman–Crippen LogP) is 4.63. The van der Waals surface area contributed by atoms with Gasteiger partial charge in [-0.05, 0) is 76.3 Å². The van der Waals surface area contributed by atoms with Crippen LogP contribution in [0.1, 0.15) is 63.8 Å². The maximum Gasteiger partial charge on any atom is 0.410 e. The van der Waals surface area contributed by atoms with Gasteiger partial charge < -0.3 is 24.0 Å². The molecule has 0 radical (unpaired) electrons. The number of amides is 3. The Balaban J connectivity index is 1.62. The molecular weight excluding hydrogens is 470 g/mol. The molecule has 3 amide bonds. The van der Waals surface area contributed by atoms with Gasteiger partial charge in [0.15, 0.2) is 0 Å². The lowest BCUT2D eigenvalue weighted by atomic mass is 9.90. The third-order valence-electron chi connectivity index (χ3n) is 7.14. The summed E-state index contributed by atoms with van der Waals surface area (Å²) < 4.78 is 17.0. The zero-order chi connectivity index (χ0) is 25.5. The Morgan fingerprint density at radius 2 is 1.94 bits per heavy atom. The molecule has 1 aromatic rings. The van der Waals surface area contributed by atoms with Crippen molar-refractivity contribution in [3.05, 3.63) is 33.8 Å². The summed E-state index contributed by atoms with van der Waals surface area (Å²) in [5, 5.41) is 0.622. The van der Waals surface area contributed by atoms with Gasteiger partial charge in [0, 0.05) is 43.9 Å². The van der Waals surface area contributed by atoms with E-state index < -0.39 is 5.60 Å². The first-order chi connectivity index (χ1) is 16.4. The van der Waals surface area contributed by atoms with Gasteiger partial charge >= 0.3 is 12.1 Å².